The highest BCUT2D eigenvalue weighted by Gasteiger charge is 2.31. The van der Waals surface area contributed by atoms with Crippen molar-refractivity contribution in [3.05, 3.63) is 71.8 Å². The predicted octanol–water partition coefficient (Wildman–Crippen LogP) is 8.69. The first-order chi connectivity index (χ1) is 20.4. The first kappa shape index (κ1) is 36.3. The van der Waals surface area contributed by atoms with Gasteiger partial charge in [0, 0.05) is 16.2 Å². The first-order valence-electron chi connectivity index (χ1n) is 15.6. The summed E-state index contributed by atoms with van der Waals surface area (Å²) >= 11 is 1.62. The Labute approximate surface area is 264 Å². The zero-order valence-corrected chi connectivity index (χ0v) is 28.3. The minimum Gasteiger partial charge on any atom is -0.490 e. The maximum atomic E-state index is 12.6. The summed E-state index contributed by atoms with van der Waals surface area (Å²) < 4.78 is 16.9. The third-order valence-corrected chi connectivity index (χ3v) is 8.64. The van der Waals surface area contributed by atoms with E-state index in [9.17, 15) is 9.59 Å². The molecule has 0 fully saturated rings. The molecule has 2 aromatic carbocycles. The van der Waals surface area contributed by atoms with E-state index >= 15 is 0 Å². The fourth-order valence-electron chi connectivity index (χ4n) is 5.59. The molecule has 238 valence electrons. The lowest BCUT2D eigenvalue weighted by atomic mass is 9.68. The van der Waals surface area contributed by atoms with Gasteiger partial charge in [0.25, 0.3) is 0 Å². The lowest BCUT2D eigenvalue weighted by Crippen LogP contribution is -2.35. The molecular weight excluding hydrogens is 558 g/mol. The van der Waals surface area contributed by atoms with Crippen LogP contribution in [0, 0.1) is 23.7 Å². The number of alkyl carbamates (subject to hydrolysis) is 1. The molecule has 0 aliphatic rings. The van der Waals surface area contributed by atoms with E-state index in [4.69, 9.17) is 14.2 Å². The molecular formula is C36H53NO5S. The molecule has 2 atom stereocenters. The number of carbonyl (C=O) groups excluding carboxylic acids is 2. The Bertz CT molecular complexity index is 1120. The molecule has 0 radical (unpaired) electrons. The van der Waals surface area contributed by atoms with Gasteiger partial charge in [-0.1, -0.05) is 85.7 Å². The second-order valence-corrected chi connectivity index (χ2v) is 13.4. The molecule has 0 aliphatic carbocycles. The second-order valence-electron chi connectivity index (χ2n) is 12.3. The van der Waals surface area contributed by atoms with E-state index in [1.807, 2.05) is 12.1 Å². The minimum absolute atomic E-state index is 0.0407. The van der Waals surface area contributed by atoms with Gasteiger partial charge in [-0.2, -0.15) is 0 Å². The van der Waals surface area contributed by atoms with Gasteiger partial charge in [-0.05, 0) is 78.3 Å². The Morgan fingerprint density at radius 2 is 1.53 bits per heavy atom. The number of carbonyl (C=O) groups is 2. The van der Waals surface area contributed by atoms with Crippen LogP contribution in [0.3, 0.4) is 0 Å². The van der Waals surface area contributed by atoms with Gasteiger partial charge in [0.05, 0.1) is 6.54 Å². The smallest absolute Gasteiger partial charge is 0.407 e. The molecule has 0 aromatic heterocycles. The third kappa shape index (κ3) is 12.7. The van der Waals surface area contributed by atoms with E-state index in [0.717, 1.165) is 23.5 Å². The van der Waals surface area contributed by atoms with E-state index in [-0.39, 0.29) is 19.8 Å². The normalized spacial score (nSPS) is 12.8. The quantitative estimate of drug-likeness (QED) is 0.0787. The summed E-state index contributed by atoms with van der Waals surface area (Å²) in [6.45, 7) is 21.6. The van der Waals surface area contributed by atoms with Crippen LogP contribution in [-0.2, 0) is 20.7 Å². The summed E-state index contributed by atoms with van der Waals surface area (Å²) in [7, 11) is 0. The summed E-state index contributed by atoms with van der Waals surface area (Å²) in [6.07, 6.45) is 1.09. The Morgan fingerprint density at radius 3 is 2.07 bits per heavy atom. The molecule has 0 heterocycles. The Balaban J connectivity index is 2.06. The van der Waals surface area contributed by atoms with Crippen LogP contribution < -0.4 is 10.1 Å². The summed E-state index contributed by atoms with van der Waals surface area (Å²) in [6, 6.07) is 16.9. The molecule has 1 N–H and O–H groups in total. The number of ether oxygens (including phenoxy) is 3. The van der Waals surface area contributed by atoms with Crippen LogP contribution >= 0.6 is 11.8 Å². The predicted molar refractivity (Wildman–Crippen MR) is 178 cm³/mol. The van der Waals surface area contributed by atoms with Crippen LogP contribution in [0.2, 0.25) is 0 Å². The summed E-state index contributed by atoms with van der Waals surface area (Å²) in [5.41, 5.74) is 2.95. The van der Waals surface area contributed by atoms with Crippen LogP contribution in [0.1, 0.15) is 78.9 Å². The van der Waals surface area contributed by atoms with E-state index in [2.05, 4.69) is 96.8 Å². The van der Waals surface area contributed by atoms with E-state index in [0.29, 0.717) is 40.9 Å². The molecule has 7 heteroatoms. The van der Waals surface area contributed by atoms with Crippen molar-refractivity contribution >= 4 is 23.8 Å². The topological polar surface area (TPSA) is 73.9 Å². The highest BCUT2D eigenvalue weighted by Crippen LogP contribution is 2.41. The van der Waals surface area contributed by atoms with Gasteiger partial charge in [0.15, 0.2) is 0 Å². The van der Waals surface area contributed by atoms with Crippen molar-refractivity contribution in [1.29, 1.82) is 0 Å². The maximum Gasteiger partial charge on any atom is 0.407 e. The molecule has 6 nitrogen and oxygen atoms in total. The molecule has 0 spiro atoms. The maximum absolute atomic E-state index is 12.6. The Hall–Kier alpha value is -2.93. The van der Waals surface area contributed by atoms with Crippen LogP contribution in [0.4, 0.5) is 4.79 Å². The second kappa shape index (κ2) is 18.7. The van der Waals surface area contributed by atoms with E-state index in [1.54, 1.807) is 18.7 Å². The monoisotopic (exact) mass is 611 g/mol. The number of aryl methyl sites for hydroxylation is 1. The third-order valence-electron chi connectivity index (χ3n) is 7.50. The van der Waals surface area contributed by atoms with Gasteiger partial charge in [-0.15, -0.1) is 11.8 Å². The standard InChI is InChI=1S/C36H53NO5S/c1-10-11-28-12-18-32(19-13-28)43-23-31(42-36(39)37-20-21-40-35(38)27(8)9)22-41-30-16-14-29(15-17-30)34(26(6)7)33(24(2)3)25(4)5/h12-19,24-26,31,33-34H,8,10-11,20-23H2,1-7,9H3,(H,37,39). The van der Waals surface area contributed by atoms with Crippen molar-refractivity contribution in [2.24, 2.45) is 23.7 Å². The van der Waals surface area contributed by atoms with Crippen LogP contribution in [0.5, 0.6) is 5.75 Å². The molecule has 0 aliphatic heterocycles. The molecule has 2 aromatic rings. The SMILES string of the molecule is C=C(C)C(=O)OCCNC(=O)OC(COc1ccc(C(C(C)C)C(C(C)C)C(C)C)cc1)CSc1ccc(CCC)cc1. The van der Waals surface area contributed by atoms with Crippen molar-refractivity contribution in [3.8, 4) is 5.75 Å². The molecule has 43 heavy (non-hydrogen) atoms. The van der Waals surface area contributed by atoms with Crippen molar-refractivity contribution in [1.82, 2.24) is 5.32 Å². The van der Waals surface area contributed by atoms with E-state index in [1.165, 1.54) is 11.1 Å². The van der Waals surface area contributed by atoms with Gasteiger partial charge in [0.1, 0.15) is 25.1 Å². The van der Waals surface area contributed by atoms with Crippen molar-refractivity contribution < 1.29 is 23.8 Å². The molecule has 0 saturated carbocycles. The number of thioether (sulfide) groups is 1. The number of hydrogen-bond donors (Lipinski definition) is 1. The summed E-state index contributed by atoms with van der Waals surface area (Å²) in [5.74, 6) is 3.53. The largest absolute Gasteiger partial charge is 0.490 e. The van der Waals surface area contributed by atoms with E-state index < -0.39 is 18.2 Å². The van der Waals surface area contributed by atoms with Crippen LogP contribution in [0.25, 0.3) is 0 Å². The number of nitrogens with one attached hydrogen (secondary N) is 1. The molecule has 1 amide bonds. The van der Waals surface area contributed by atoms with Gasteiger partial charge < -0.3 is 19.5 Å². The van der Waals surface area contributed by atoms with Crippen LogP contribution in [-0.4, -0.2) is 43.7 Å². The molecule has 2 rings (SSSR count). The fourth-order valence-corrected chi connectivity index (χ4v) is 6.46. The zero-order chi connectivity index (χ0) is 31.9. The molecule has 0 bridgehead atoms. The highest BCUT2D eigenvalue weighted by molar-refractivity contribution is 7.99. The van der Waals surface area contributed by atoms with Crippen LogP contribution in [0.15, 0.2) is 65.6 Å². The van der Waals surface area contributed by atoms with Gasteiger partial charge in [0.2, 0.25) is 0 Å². The fraction of sp³-hybridized carbons (Fsp3) is 0.556. The summed E-state index contributed by atoms with van der Waals surface area (Å²) in [5, 5.41) is 2.65. The number of hydrogen-bond acceptors (Lipinski definition) is 6. The number of amides is 1. The minimum atomic E-state index is -0.581. The average molecular weight is 612 g/mol. The Kier molecular flexibility index (Phi) is 15.7. The zero-order valence-electron chi connectivity index (χ0n) is 27.5. The number of benzene rings is 2. The van der Waals surface area contributed by atoms with Crippen molar-refractivity contribution in [2.45, 2.75) is 85.1 Å². The first-order valence-corrected chi connectivity index (χ1v) is 16.6. The number of rotatable bonds is 18. The van der Waals surface area contributed by atoms with Gasteiger partial charge in [-0.25, -0.2) is 9.59 Å². The molecule has 2 unspecified atom stereocenters. The molecule has 0 saturated heterocycles. The van der Waals surface area contributed by atoms with Crippen molar-refractivity contribution in [2.75, 3.05) is 25.5 Å². The van der Waals surface area contributed by atoms with Gasteiger partial charge >= 0.3 is 12.1 Å². The Morgan fingerprint density at radius 1 is 0.907 bits per heavy atom. The average Bonchev–Trinajstić information content (AvgIpc) is 2.95. The highest BCUT2D eigenvalue weighted by atomic mass is 32.2. The summed E-state index contributed by atoms with van der Waals surface area (Å²) in [4.78, 5) is 25.2. The number of esters is 1. The lowest BCUT2D eigenvalue weighted by Gasteiger charge is -2.36. The lowest BCUT2D eigenvalue weighted by molar-refractivity contribution is -0.138. The van der Waals surface area contributed by atoms with Crippen molar-refractivity contribution in [3.63, 3.8) is 0 Å². The van der Waals surface area contributed by atoms with Gasteiger partial charge in [-0.3, -0.25) is 0 Å².